The van der Waals surface area contributed by atoms with Gasteiger partial charge in [0.25, 0.3) is 11.6 Å². The molecule has 0 saturated carbocycles. The molecule has 11 heteroatoms. The van der Waals surface area contributed by atoms with Gasteiger partial charge in [-0.1, -0.05) is 78.0 Å². The first-order chi connectivity index (χ1) is 20.3. The Morgan fingerprint density at radius 2 is 1.76 bits per heavy atom. The van der Waals surface area contributed by atoms with Crippen LogP contribution in [0.25, 0.3) is 5.69 Å². The summed E-state index contributed by atoms with van der Waals surface area (Å²) in [4.78, 5) is 24.2. The van der Waals surface area contributed by atoms with Crippen molar-refractivity contribution in [2.45, 2.75) is 30.3 Å². The number of rotatable bonds is 10. The molecule has 1 atom stereocenters. The first-order valence-electron chi connectivity index (χ1n) is 13.0. The van der Waals surface area contributed by atoms with Gasteiger partial charge >= 0.3 is 0 Å². The predicted octanol–water partition coefficient (Wildman–Crippen LogP) is 7.28. The van der Waals surface area contributed by atoms with Crippen molar-refractivity contribution in [2.24, 2.45) is 0 Å². The molecule has 0 radical (unpaired) electrons. The second-order valence-corrected chi connectivity index (χ2v) is 10.9. The lowest BCUT2D eigenvalue weighted by Gasteiger charge is -2.21. The second-order valence-electron chi connectivity index (χ2n) is 9.55. The van der Waals surface area contributed by atoms with Gasteiger partial charge in [-0.05, 0) is 60.4 Å². The molecule has 1 N–H and O–H groups in total. The van der Waals surface area contributed by atoms with Crippen LogP contribution in [-0.2, 0) is 12.2 Å². The summed E-state index contributed by atoms with van der Waals surface area (Å²) in [7, 11) is 0. The normalized spacial score (nSPS) is 11.7. The minimum Gasteiger partial charge on any atom is -0.342 e. The van der Waals surface area contributed by atoms with Gasteiger partial charge in [0.2, 0.25) is 0 Å². The molecule has 1 amide bonds. The van der Waals surface area contributed by atoms with E-state index in [4.69, 9.17) is 11.6 Å². The average molecular weight is 602 g/mol. The molecule has 5 aromatic rings. The van der Waals surface area contributed by atoms with E-state index in [0.717, 1.165) is 22.4 Å². The highest BCUT2D eigenvalue weighted by atomic mass is 35.5. The lowest BCUT2D eigenvalue weighted by atomic mass is 10.0. The summed E-state index contributed by atoms with van der Waals surface area (Å²) >= 11 is 7.84. The molecule has 0 aliphatic carbocycles. The fraction of sp³-hybridized carbons (Fsp3) is 0.129. The highest BCUT2D eigenvalue weighted by Crippen LogP contribution is 2.32. The number of hydrogen-bond donors (Lipinski definition) is 1. The Hall–Kier alpha value is -4.54. The number of aromatic nitrogens is 3. The molecule has 1 unspecified atom stereocenters. The lowest BCUT2D eigenvalue weighted by molar-refractivity contribution is -0.384. The van der Waals surface area contributed by atoms with Crippen LogP contribution in [0.1, 0.15) is 38.9 Å². The van der Waals surface area contributed by atoms with Gasteiger partial charge in [-0.25, -0.2) is 4.39 Å². The van der Waals surface area contributed by atoms with Gasteiger partial charge < -0.3 is 5.32 Å². The number of halogens is 2. The zero-order chi connectivity index (χ0) is 29.6. The van der Waals surface area contributed by atoms with Gasteiger partial charge in [0.05, 0.1) is 16.7 Å². The fourth-order valence-electron chi connectivity index (χ4n) is 4.44. The molecular formula is C31H25ClFN5O3S. The Labute approximate surface area is 250 Å². The van der Waals surface area contributed by atoms with Crippen LogP contribution >= 0.6 is 23.4 Å². The first kappa shape index (κ1) is 29.0. The van der Waals surface area contributed by atoms with Crippen molar-refractivity contribution in [2.75, 3.05) is 0 Å². The predicted molar refractivity (Wildman–Crippen MR) is 161 cm³/mol. The number of nitrogens with zero attached hydrogens (tertiary/aromatic N) is 4. The number of carbonyl (C=O) groups is 1. The molecule has 0 bridgehead atoms. The van der Waals surface area contributed by atoms with Crippen molar-refractivity contribution in [1.29, 1.82) is 0 Å². The van der Waals surface area contributed by atoms with E-state index in [0.29, 0.717) is 28.2 Å². The van der Waals surface area contributed by atoms with Crippen molar-refractivity contribution in [1.82, 2.24) is 20.1 Å². The van der Waals surface area contributed by atoms with Crippen LogP contribution < -0.4 is 5.32 Å². The highest BCUT2D eigenvalue weighted by Gasteiger charge is 2.26. The first-order valence-corrected chi connectivity index (χ1v) is 14.3. The Morgan fingerprint density at radius 3 is 2.50 bits per heavy atom. The smallest absolute Gasteiger partial charge is 0.270 e. The van der Waals surface area contributed by atoms with E-state index in [-0.39, 0.29) is 17.1 Å². The van der Waals surface area contributed by atoms with E-state index >= 15 is 0 Å². The Morgan fingerprint density at radius 1 is 1.00 bits per heavy atom. The number of hydrogen-bond acceptors (Lipinski definition) is 6. The van der Waals surface area contributed by atoms with Crippen molar-refractivity contribution in [3.63, 3.8) is 0 Å². The number of nitrogens with one attached hydrogen (secondary N) is 1. The van der Waals surface area contributed by atoms with Gasteiger partial charge in [0.1, 0.15) is 5.82 Å². The SMILES string of the molecule is Cc1ccc(Cl)cc1-n1c(SCc2ccc(F)cc2)nnc1C(Cc1ccccc1)NC(=O)c1cccc([N+](=O)[O-])c1. The zero-order valence-electron chi connectivity index (χ0n) is 22.4. The van der Waals surface area contributed by atoms with Crippen molar-refractivity contribution < 1.29 is 14.1 Å². The van der Waals surface area contributed by atoms with Crippen molar-refractivity contribution in [3.05, 3.63) is 146 Å². The molecule has 5 rings (SSSR count). The summed E-state index contributed by atoms with van der Waals surface area (Å²) in [6.45, 7) is 1.94. The Kier molecular flexibility index (Phi) is 8.94. The summed E-state index contributed by atoms with van der Waals surface area (Å²) in [6, 6.07) is 26.3. The van der Waals surface area contributed by atoms with Gasteiger partial charge in [-0.2, -0.15) is 0 Å². The molecule has 212 valence electrons. The number of non-ortho nitro benzene ring substituents is 1. The van der Waals surface area contributed by atoms with Crippen molar-refractivity contribution in [3.8, 4) is 5.69 Å². The number of amides is 1. The zero-order valence-corrected chi connectivity index (χ0v) is 24.0. The van der Waals surface area contributed by atoms with Gasteiger partial charge in [0.15, 0.2) is 11.0 Å². The van der Waals surface area contributed by atoms with E-state index in [2.05, 4.69) is 15.5 Å². The number of nitro benzene ring substituents is 1. The monoisotopic (exact) mass is 601 g/mol. The molecule has 4 aromatic carbocycles. The third kappa shape index (κ3) is 6.84. The molecule has 0 aliphatic heterocycles. The summed E-state index contributed by atoms with van der Waals surface area (Å²) in [5, 5.41) is 24.5. The van der Waals surface area contributed by atoms with Crippen molar-refractivity contribution >= 4 is 35.0 Å². The fourth-order valence-corrected chi connectivity index (χ4v) is 5.51. The summed E-state index contributed by atoms with van der Waals surface area (Å²) in [5.41, 5.74) is 3.47. The number of thioether (sulfide) groups is 1. The van der Waals surface area contributed by atoms with Gasteiger partial charge in [-0.15, -0.1) is 10.2 Å². The van der Waals surface area contributed by atoms with Crippen LogP contribution in [0, 0.1) is 22.9 Å². The summed E-state index contributed by atoms with van der Waals surface area (Å²) in [5.74, 6) is 0.163. The van der Waals surface area contributed by atoms with E-state index in [1.54, 1.807) is 18.2 Å². The second kappa shape index (κ2) is 13.0. The van der Waals surface area contributed by atoms with Gasteiger partial charge in [0, 0.05) is 28.5 Å². The number of nitro groups is 1. The molecule has 0 aliphatic rings. The molecule has 0 spiro atoms. The highest BCUT2D eigenvalue weighted by molar-refractivity contribution is 7.98. The minimum atomic E-state index is -0.662. The van der Waals surface area contributed by atoms with Crippen LogP contribution in [-0.4, -0.2) is 25.6 Å². The molecule has 8 nitrogen and oxygen atoms in total. The standard InChI is InChI=1S/C31H25ClFN5O3S/c1-20-10-13-24(32)18-28(20)37-29(35-36-31(37)42-19-22-11-14-25(33)15-12-22)27(16-21-6-3-2-4-7-21)34-30(39)23-8-5-9-26(17-23)38(40)41/h2-15,17-18,27H,16,19H2,1H3,(H,34,39). The molecule has 1 heterocycles. The van der Waals surface area contributed by atoms with Crippen LogP contribution in [0.3, 0.4) is 0 Å². The molecular weight excluding hydrogens is 577 g/mol. The summed E-state index contributed by atoms with van der Waals surface area (Å²) in [6.07, 6.45) is 0.377. The Balaban J connectivity index is 1.57. The Bertz CT molecular complexity index is 1730. The quantitative estimate of drug-likeness (QED) is 0.102. The topological polar surface area (TPSA) is 103 Å². The number of carbonyl (C=O) groups excluding carboxylic acids is 1. The lowest BCUT2D eigenvalue weighted by Crippen LogP contribution is -2.32. The van der Waals surface area contributed by atoms with Gasteiger partial charge in [-0.3, -0.25) is 19.5 Å². The maximum Gasteiger partial charge on any atom is 0.270 e. The van der Waals surface area contributed by atoms with Crippen LogP contribution in [0.15, 0.2) is 102 Å². The molecule has 42 heavy (non-hydrogen) atoms. The van der Waals surface area contributed by atoms with Crippen LogP contribution in [0.5, 0.6) is 0 Å². The number of aryl methyl sites for hydroxylation is 1. The molecule has 0 fully saturated rings. The maximum atomic E-state index is 13.5. The van der Waals surface area contributed by atoms with E-state index in [9.17, 15) is 19.3 Å². The third-order valence-corrected chi connectivity index (χ3v) is 7.81. The van der Waals surface area contributed by atoms with Crippen LogP contribution in [0.4, 0.5) is 10.1 Å². The maximum absolute atomic E-state index is 13.5. The van der Waals surface area contributed by atoms with E-state index in [1.807, 2.05) is 54.0 Å². The minimum absolute atomic E-state index is 0.151. The average Bonchev–Trinajstić information content (AvgIpc) is 3.42. The summed E-state index contributed by atoms with van der Waals surface area (Å²) < 4.78 is 15.3. The van der Waals surface area contributed by atoms with E-state index in [1.165, 1.54) is 48.2 Å². The molecule has 0 saturated heterocycles. The van der Waals surface area contributed by atoms with Crippen LogP contribution in [0.2, 0.25) is 5.02 Å². The largest absolute Gasteiger partial charge is 0.342 e. The third-order valence-electron chi connectivity index (χ3n) is 6.57. The van der Waals surface area contributed by atoms with E-state index < -0.39 is 16.9 Å². The molecule has 1 aromatic heterocycles. The number of benzene rings is 4.